The van der Waals surface area contributed by atoms with Crippen LogP contribution in [0, 0.1) is 10.1 Å². The number of carbonyl (C=O) groups excluding carboxylic acids is 1. The highest BCUT2D eigenvalue weighted by molar-refractivity contribution is 7.89. The smallest absolute Gasteiger partial charge is 0.312 e. The first kappa shape index (κ1) is 21.8. The van der Waals surface area contributed by atoms with Gasteiger partial charge in [-0.3, -0.25) is 14.9 Å². The van der Waals surface area contributed by atoms with Crippen molar-refractivity contribution < 1.29 is 22.9 Å². The van der Waals surface area contributed by atoms with E-state index in [0.29, 0.717) is 19.5 Å². The van der Waals surface area contributed by atoms with Crippen LogP contribution in [0.1, 0.15) is 20.3 Å². The van der Waals surface area contributed by atoms with Gasteiger partial charge in [0.05, 0.1) is 9.82 Å². The summed E-state index contributed by atoms with van der Waals surface area (Å²) in [6, 6.07) is 3.35. The molecule has 0 fully saturated rings. The molecule has 0 aliphatic carbocycles. The summed E-state index contributed by atoms with van der Waals surface area (Å²) in [6.45, 7) is 4.22. The second-order valence-electron chi connectivity index (χ2n) is 5.26. The summed E-state index contributed by atoms with van der Waals surface area (Å²) in [5.41, 5.74) is 4.79. The molecule has 3 N–H and O–H groups in total. The van der Waals surface area contributed by atoms with E-state index in [1.807, 2.05) is 0 Å². The molecule has 0 atom stereocenters. The minimum Gasteiger partial charge on any atom is -0.477 e. The maximum absolute atomic E-state index is 12.5. The van der Waals surface area contributed by atoms with Crippen molar-refractivity contribution in [1.82, 2.24) is 9.62 Å². The number of nitro groups is 1. The lowest BCUT2D eigenvalue weighted by molar-refractivity contribution is -0.386. The highest BCUT2D eigenvalue weighted by Crippen LogP contribution is 2.30. The molecule has 11 heteroatoms. The van der Waals surface area contributed by atoms with Crippen LogP contribution in [0.4, 0.5) is 5.69 Å². The first-order valence-corrected chi connectivity index (χ1v) is 9.60. The van der Waals surface area contributed by atoms with Crippen molar-refractivity contribution >= 4 is 21.6 Å². The first-order chi connectivity index (χ1) is 12.3. The summed E-state index contributed by atoms with van der Waals surface area (Å²) in [6.07, 6.45) is 0.601. The Morgan fingerprint density at radius 2 is 2.00 bits per heavy atom. The lowest BCUT2D eigenvalue weighted by atomic mass is 10.3. The normalized spacial score (nSPS) is 11.4. The van der Waals surface area contributed by atoms with Crippen molar-refractivity contribution in [2.45, 2.75) is 25.2 Å². The molecule has 0 aliphatic heterocycles. The SMILES string of the molecule is CCN(CC)S(=O)(=O)c1ccc(OCC(=O)NCCCN)c([N+](=O)[O-])c1. The van der Waals surface area contributed by atoms with E-state index < -0.39 is 33.1 Å². The number of nitrogens with zero attached hydrogens (tertiary/aromatic N) is 2. The summed E-state index contributed by atoms with van der Waals surface area (Å²) in [5, 5.41) is 13.8. The van der Waals surface area contributed by atoms with Crippen molar-refractivity contribution in [3.63, 3.8) is 0 Å². The fourth-order valence-corrected chi connectivity index (χ4v) is 3.64. The van der Waals surface area contributed by atoms with Crippen molar-refractivity contribution in [2.24, 2.45) is 5.73 Å². The van der Waals surface area contributed by atoms with Gasteiger partial charge in [0, 0.05) is 25.7 Å². The van der Waals surface area contributed by atoms with E-state index in [2.05, 4.69) is 5.32 Å². The zero-order chi connectivity index (χ0) is 19.7. The van der Waals surface area contributed by atoms with Crippen molar-refractivity contribution in [2.75, 3.05) is 32.8 Å². The number of hydrogen-bond donors (Lipinski definition) is 2. The van der Waals surface area contributed by atoms with E-state index in [1.165, 1.54) is 16.4 Å². The lowest BCUT2D eigenvalue weighted by Crippen LogP contribution is -2.31. The number of amides is 1. The molecule has 0 aromatic heterocycles. The fraction of sp³-hybridized carbons (Fsp3) is 0.533. The van der Waals surface area contributed by atoms with E-state index >= 15 is 0 Å². The fourth-order valence-electron chi connectivity index (χ4n) is 2.16. The second kappa shape index (κ2) is 10.0. The van der Waals surface area contributed by atoms with Gasteiger partial charge in [-0.1, -0.05) is 13.8 Å². The number of benzene rings is 1. The first-order valence-electron chi connectivity index (χ1n) is 8.16. The Bertz CT molecular complexity index is 734. The van der Waals surface area contributed by atoms with Crippen LogP contribution in [0.5, 0.6) is 5.75 Å². The zero-order valence-electron chi connectivity index (χ0n) is 14.8. The minimum absolute atomic E-state index is 0.178. The molecule has 10 nitrogen and oxygen atoms in total. The average Bonchev–Trinajstić information content (AvgIpc) is 2.60. The van der Waals surface area contributed by atoms with Gasteiger partial charge in [-0.25, -0.2) is 8.42 Å². The van der Waals surface area contributed by atoms with Gasteiger partial charge in [-0.15, -0.1) is 0 Å². The van der Waals surface area contributed by atoms with Crippen LogP contribution in [0.25, 0.3) is 0 Å². The number of nitrogens with one attached hydrogen (secondary N) is 1. The Hall–Kier alpha value is -2.24. The maximum atomic E-state index is 12.5. The molecule has 26 heavy (non-hydrogen) atoms. The predicted molar refractivity (Wildman–Crippen MR) is 95.4 cm³/mol. The molecule has 0 spiro atoms. The number of nitro benzene ring substituents is 1. The van der Waals surface area contributed by atoms with Crippen molar-refractivity contribution in [1.29, 1.82) is 0 Å². The summed E-state index contributed by atoms with van der Waals surface area (Å²) < 4.78 is 31.3. The van der Waals surface area contributed by atoms with Gasteiger partial charge in [0.1, 0.15) is 0 Å². The minimum atomic E-state index is -3.84. The van der Waals surface area contributed by atoms with E-state index in [1.54, 1.807) is 13.8 Å². The lowest BCUT2D eigenvalue weighted by Gasteiger charge is -2.18. The van der Waals surface area contributed by atoms with Crippen LogP contribution in [0.15, 0.2) is 23.1 Å². The summed E-state index contributed by atoms with van der Waals surface area (Å²) in [5.74, 6) is -0.630. The summed E-state index contributed by atoms with van der Waals surface area (Å²) >= 11 is 0. The van der Waals surface area contributed by atoms with Gasteiger partial charge >= 0.3 is 5.69 Å². The van der Waals surface area contributed by atoms with Crippen molar-refractivity contribution in [3.05, 3.63) is 28.3 Å². The summed E-state index contributed by atoms with van der Waals surface area (Å²) in [4.78, 5) is 21.9. The molecule has 1 amide bonds. The second-order valence-corrected chi connectivity index (χ2v) is 7.19. The maximum Gasteiger partial charge on any atom is 0.312 e. The highest BCUT2D eigenvalue weighted by Gasteiger charge is 2.26. The average molecular weight is 388 g/mol. The molecule has 1 aromatic carbocycles. The molecule has 0 unspecified atom stereocenters. The molecule has 0 bridgehead atoms. The topological polar surface area (TPSA) is 145 Å². The molecule has 0 saturated heterocycles. The Morgan fingerprint density at radius 1 is 1.35 bits per heavy atom. The molecule has 0 saturated carbocycles. The highest BCUT2D eigenvalue weighted by atomic mass is 32.2. The molecule has 146 valence electrons. The monoisotopic (exact) mass is 388 g/mol. The van der Waals surface area contributed by atoms with Gasteiger partial charge in [-0.05, 0) is 25.1 Å². The van der Waals surface area contributed by atoms with Crippen LogP contribution in [-0.4, -0.2) is 56.3 Å². The third-order valence-electron chi connectivity index (χ3n) is 3.53. The molecule has 1 rings (SSSR count). The quantitative estimate of drug-likeness (QED) is 0.318. The molecule has 0 aliphatic rings. The molecule has 1 aromatic rings. The Kier molecular flexibility index (Phi) is 8.42. The van der Waals surface area contributed by atoms with Crippen LogP contribution in [0.2, 0.25) is 0 Å². The molecule has 0 radical (unpaired) electrons. The number of rotatable bonds is 11. The Labute approximate surface area is 152 Å². The van der Waals surface area contributed by atoms with Gasteiger partial charge in [0.25, 0.3) is 5.91 Å². The largest absolute Gasteiger partial charge is 0.477 e. The van der Waals surface area contributed by atoms with E-state index in [-0.39, 0.29) is 23.7 Å². The number of carbonyl (C=O) groups is 1. The molecular weight excluding hydrogens is 364 g/mol. The summed E-state index contributed by atoms with van der Waals surface area (Å²) in [7, 11) is -3.84. The van der Waals surface area contributed by atoms with Gasteiger partial charge in [0.15, 0.2) is 12.4 Å². The van der Waals surface area contributed by atoms with E-state index in [0.717, 1.165) is 6.07 Å². The van der Waals surface area contributed by atoms with Crippen molar-refractivity contribution in [3.8, 4) is 5.75 Å². The third kappa shape index (κ3) is 5.64. The molecular formula is C15H24N4O6S. The van der Waals surface area contributed by atoms with E-state index in [9.17, 15) is 23.3 Å². The van der Waals surface area contributed by atoms with Gasteiger partial charge in [-0.2, -0.15) is 4.31 Å². The van der Waals surface area contributed by atoms with Crippen LogP contribution < -0.4 is 15.8 Å². The standard InChI is InChI=1S/C15H24N4O6S/c1-3-18(4-2)26(23,24)12-6-7-14(13(10-12)19(21)22)25-11-15(20)17-9-5-8-16/h6-7,10H,3-5,8-9,11,16H2,1-2H3,(H,17,20). The van der Waals surface area contributed by atoms with Crippen LogP contribution in [-0.2, 0) is 14.8 Å². The predicted octanol–water partition coefficient (Wildman–Crippen LogP) is 0.469. The number of hydrogen-bond acceptors (Lipinski definition) is 7. The zero-order valence-corrected chi connectivity index (χ0v) is 15.6. The van der Waals surface area contributed by atoms with Crippen LogP contribution in [0.3, 0.4) is 0 Å². The number of nitrogens with two attached hydrogens (primary N) is 1. The number of ether oxygens (including phenoxy) is 1. The van der Waals surface area contributed by atoms with Crippen LogP contribution >= 0.6 is 0 Å². The number of sulfonamides is 1. The Balaban J connectivity index is 3.00. The van der Waals surface area contributed by atoms with Gasteiger partial charge in [0.2, 0.25) is 10.0 Å². The van der Waals surface area contributed by atoms with E-state index in [4.69, 9.17) is 10.5 Å². The molecule has 0 heterocycles. The van der Waals surface area contributed by atoms with Gasteiger partial charge < -0.3 is 15.8 Å². The third-order valence-corrected chi connectivity index (χ3v) is 5.58. The Morgan fingerprint density at radius 3 is 2.54 bits per heavy atom.